The van der Waals surface area contributed by atoms with E-state index in [4.69, 9.17) is 4.74 Å². The van der Waals surface area contributed by atoms with Crippen molar-refractivity contribution in [3.05, 3.63) is 24.3 Å². The largest absolute Gasteiger partial charge is 0.483 e. The molecular weight excluding hydrogens is 701 g/mol. The molecule has 2 saturated heterocycles. The molecule has 10 heteroatoms. The van der Waals surface area contributed by atoms with Crippen LogP contribution >= 0.6 is 0 Å². The average Bonchev–Trinajstić information content (AvgIpc) is 3.81. The standard InChI is InChI=1S/C46H82N6O4/c1-3-5-7-9-13-19-25-43-41(24-18-12-10-15-21-27-44(53)48-31-35-52-37-33-50-46(52)55)29-28-40(23-17-8-6-4-2)42(43)26-20-14-11-16-22-38-56-39-47-30-34-51-36-32-49-45(51)54/h13,19,28-29,39-43H,3-12,14-18,20-27,30-38H2,1-2H3,(H,48,53)(H,49,54)(H,50,55). The van der Waals surface area contributed by atoms with Crippen LogP contribution in [0.2, 0.25) is 0 Å². The van der Waals surface area contributed by atoms with E-state index in [1.54, 1.807) is 16.2 Å². The van der Waals surface area contributed by atoms with Gasteiger partial charge in [0.2, 0.25) is 5.91 Å². The summed E-state index contributed by atoms with van der Waals surface area (Å²) in [5.74, 6) is 3.00. The van der Waals surface area contributed by atoms with Crippen molar-refractivity contribution in [2.75, 3.05) is 59.0 Å². The van der Waals surface area contributed by atoms with Crippen LogP contribution < -0.4 is 16.0 Å². The highest BCUT2D eigenvalue weighted by molar-refractivity contribution is 5.77. The molecule has 0 bridgehead atoms. The van der Waals surface area contributed by atoms with Crippen molar-refractivity contribution in [3.63, 3.8) is 0 Å². The second kappa shape index (κ2) is 31.0. The molecule has 4 unspecified atom stereocenters. The van der Waals surface area contributed by atoms with Crippen LogP contribution in [0.3, 0.4) is 0 Å². The van der Waals surface area contributed by atoms with Crippen molar-refractivity contribution in [2.24, 2.45) is 28.7 Å². The fourth-order valence-corrected chi connectivity index (χ4v) is 8.79. The highest BCUT2D eigenvalue weighted by Gasteiger charge is 2.34. The van der Waals surface area contributed by atoms with Crippen LogP contribution in [0.5, 0.6) is 0 Å². The van der Waals surface area contributed by atoms with E-state index in [0.29, 0.717) is 57.6 Å². The Labute approximate surface area is 341 Å². The second-order valence-electron chi connectivity index (χ2n) is 16.6. The smallest absolute Gasteiger partial charge is 0.317 e. The van der Waals surface area contributed by atoms with Crippen molar-refractivity contribution in [1.29, 1.82) is 0 Å². The van der Waals surface area contributed by atoms with Crippen LogP contribution in [0.1, 0.15) is 162 Å². The van der Waals surface area contributed by atoms with Crippen LogP contribution in [0, 0.1) is 23.7 Å². The number of hydrogen-bond acceptors (Lipinski definition) is 5. The number of carbonyl (C=O) groups is 3. The van der Waals surface area contributed by atoms with Gasteiger partial charge in [0.15, 0.2) is 6.40 Å². The molecular formula is C46H82N6O4. The molecule has 0 aromatic carbocycles. The van der Waals surface area contributed by atoms with E-state index in [9.17, 15) is 14.4 Å². The zero-order valence-corrected chi connectivity index (χ0v) is 35.8. The molecule has 0 radical (unpaired) electrons. The number of allylic oxidation sites excluding steroid dienone is 4. The molecule has 2 heterocycles. The van der Waals surface area contributed by atoms with Crippen LogP contribution in [-0.4, -0.2) is 93.1 Å². The summed E-state index contributed by atoms with van der Waals surface area (Å²) in [7, 11) is 0. The summed E-state index contributed by atoms with van der Waals surface area (Å²) >= 11 is 0. The number of urea groups is 2. The number of aliphatic imine (C=N–C) groups is 1. The summed E-state index contributed by atoms with van der Waals surface area (Å²) in [6.45, 7) is 10.6. The number of ether oxygens (including phenoxy) is 1. The van der Waals surface area contributed by atoms with Crippen molar-refractivity contribution >= 4 is 24.4 Å². The Balaban J connectivity index is 1.40. The number of hydrogen-bond donors (Lipinski definition) is 3. The fraction of sp³-hybridized carbons (Fsp3) is 0.826. The minimum atomic E-state index is -0.0262. The van der Waals surface area contributed by atoms with Gasteiger partial charge in [-0.05, 0) is 75.0 Å². The molecule has 2 fully saturated rings. The van der Waals surface area contributed by atoms with E-state index in [1.807, 2.05) is 0 Å². The molecule has 10 nitrogen and oxygen atoms in total. The Hall–Kier alpha value is -3.04. The predicted molar refractivity (Wildman–Crippen MR) is 232 cm³/mol. The molecule has 0 saturated carbocycles. The maximum Gasteiger partial charge on any atom is 0.317 e. The van der Waals surface area contributed by atoms with E-state index in [-0.39, 0.29) is 18.0 Å². The summed E-state index contributed by atoms with van der Waals surface area (Å²) in [4.78, 5) is 43.5. The zero-order valence-electron chi connectivity index (χ0n) is 35.8. The Kier molecular flexibility index (Phi) is 26.2. The molecule has 4 atom stereocenters. The van der Waals surface area contributed by atoms with Gasteiger partial charge in [-0.3, -0.25) is 9.79 Å². The normalized spacial score (nSPS) is 21.1. The summed E-state index contributed by atoms with van der Waals surface area (Å²) in [5.41, 5.74) is 0. The molecule has 1 aliphatic carbocycles. The molecule has 0 aromatic rings. The molecule has 56 heavy (non-hydrogen) atoms. The minimum absolute atomic E-state index is 0.0101. The summed E-state index contributed by atoms with van der Waals surface area (Å²) < 4.78 is 5.64. The maximum absolute atomic E-state index is 12.3. The Morgan fingerprint density at radius 2 is 1.32 bits per heavy atom. The van der Waals surface area contributed by atoms with E-state index in [0.717, 1.165) is 50.7 Å². The average molecular weight is 783 g/mol. The fourth-order valence-electron chi connectivity index (χ4n) is 8.79. The number of nitrogens with one attached hydrogen (secondary N) is 3. The van der Waals surface area contributed by atoms with Gasteiger partial charge >= 0.3 is 12.1 Å². The highest BCUT2D eigenvalue weighted by Crippen LogP contribution is 2.44. The number of nitrogens with zero attached hydrogens (tertiary/aromatic N) is 3. The van der Waals surface area contributed by atoms with Gasteiger partial charge in [0, 0.05) is 52.2 Å². The lowest BCUT2D eigenvalue weighted by Crippen LogP contribution is -2.36. The summed E-state index contributed by atoms with van der Waals surface area (Å²) in [6.07, 6.45) is 40.0. The first kappa shape index (κ1) is 47.3. The summed E-state index contributed by atoms with van der Waals surface area (Å²) in [5, 5.41) is 8.61. The number of amides is 5. The van der Waals surface area contributed by atoms with Crippen molar-refractivity contribution < 1.29 is 19.1 Å². The van der Waals surface area contributed by atoms with Gasteiger partial charge < -0.3 is 30.5 Å². The number of carbonyl (C=O) groups excluding carboxylic acids is 3. The van der Waals surface area contributed by atoms with Crippen molar-refractivity contribution in [2.45, 2.75) is 162 Å². The quantitative estimate of drug-likeness (QED) is 0.0261. The van der Waals surface area contributed by atoms with E-state index in [1.165, 1.54) is 122 Å². The Bertz CT molecular complexity index is 1140. The van der Waals surface area contributed by atoms with Crippen LogP contribution in [-0.2, 0) is 9.53 Å². The lowest BCUT2D eigenvalue weighted by Gasteiger charge is -2.40. The third-order valence-corrected chi connectivity index (χ3v) is 12.2. The van der Waals surface area contributed by atoms with E-state index >= 15 is 0 Å². The van der Waals surface area contributed by atoms with Crippen molar-refractivity contribution in [1.82, 2.24) is 25.8 Å². The zero-order chi connectivity index (χ0) is 39.9. The number of rotatable bonds is 34. The van der Waals surface area contributed by atoms with Crippen LogP contribution in [0.4, 0.5) is 9.59 Å². The lowest BCUT2D eigenvalue weighted by atomic mass is 9.65. The topological polar surface area (TPSA) is 115 Å². The minimum Gasteiger partial charge on any atom is -0.483 e. The molecule has 3 aliphatic rings. The van der Waals surface area contributed by atoms with Gasteiger partial charge in [-0.15, -0.1) is 0 Å². The second-order valence-corrected chi connectivity index (χ2v) is 16.6. The Morgan fingerprint density at radius 3 is 2.00 bits per heavy atom. The summed E-state index contributed by atoms with van der Waals surface area (Å²) in [6, 6.07) is -0.0161. The van der Waals surface area contributed by atoms with Gasteiger partial charge in [0.1, 0.15) is 0 Å². The van der Waals surface area contributed by atoms with Crippen molar-refractivity contribution in [3.8, 4) is 0 Å². The third kappa shape index (κ3) is 20.4. The highest BCUT2D eigenvalue weighted by atomic mass is 16.5. The first-order chi connectivity index (χ1) is 27.5. The van der Waals surface area contributed by atoms with Gasteiger partial charge in [-0.25, -0.2) is 9.59 Å². The Morgan fingerprint density at radius 1 is 0.732 bits per heavy atom. The lowest BCUT2D eigenvalue weighted by molar-refractivity contribution is -0.121. The van der Waals surface area contributed by atoms with E-state index < -0.39 is 0 Å². The molecule has 3 N–H and O–H groups in total. The van der Waals surface area contributed by atoms with E-state index in [2.05, 4.69) is 59.1 Å². The molecule has 0 spiro atoms. The van der Waals surface area contributed by atoms with Gasteiger partial charge in [0.25, 0.3) is 0 Å². The third-order valence-electron chi connectivity index (χ3n) is 12.2. The van der Waals surface area contributed by atoms with Crippen LogP contribution in [0.15, 0.2) is 29.3 Å². The maximum atomic E-state index is 12.3. The first-order valence-corrected chi connectivity index (χ1v) is 23.3. The molecule has 320 valence electrons. The molecule has 3 rings (SSSR count). The SMILES string of the molecule is CCCCCC=CCC1C(CCCCCCCC(=O)NCCN2CCNC2=O)C=CC(CCCCCC)C1CCCCCCCOC=NCCN1CCNC1=O. The predicted octanol–water partition coefficient (Wildman–Crippen LogP) is 9.80. The first-order valence-electron chi connectivity index (χ1n) is 23.3. The van der Waals surface area contributed by atoms with Gasteiger partial charge in [-0.2, -0.15) is 0 Å². The van der Waals surface area contributed by atoms with Crippen LogP contribution in [0.25, 0.3) is 0 Å². The monoisotopic (exact) mass is 783 g/mol. The molecule has 5 amide bonds. The molecule has 0 aromatic heterocycles. The van der Waals surface area contributed by atoms with Gasteiger partial charge in [0.05, 0.1) is 13.2 Å². The molecule has 2 aliphatic heterocycles. The number of unbranched alkanes of at least 4 members (excludes halogenated alkanes) is 14. The van der Waals surface area contributed by atoms with Gasteiger partial charge in [-0.1, -0.05) is 128 Å².